The van der Waals surface area contributed by atoms with E-state index in [4.69, 9.17) is 0 Å². The standard InChI is InChI=1S/C17H19N7O2S3/c1-9(25)19-16-24-22-15(29-16)11-3-2-10(4-11)5-14-21-23-17(28-14)20-13(26)6-12-7-27-8-18-12/h7-8,10-11H,2-6H2,1H3,(H,19,24,25)(H,20,23,26)/t10-,11+/m0/s1. The minimum atomic E-state index is -0.136. The number of hydrogen-bond acceptors (Lipinski definition) is 10. The van der Waals surface area contributed by atoms with Gasteiger partial charge in [0.05, 0.1) is 17.6 Å². The second-order valence-corrected chi connectivity index (χ2v) is 9.70. The van der Waals surface area contributed by atoms with Gasteiger partial charge < -0.3 is 10.6 Å². The number of amides is 2. The second-order valence-electron chi connectivity index (χ2n) is 6.91. The Morgan fingerprint density at radius 2 is 1.93 bits per heavy atom. The Labute approximate surface area is 179 Å². The number of carbonyl (C=O) groups excluding carboxylic acids is 2. The van der Waals surface area contributed by atoms with Crippen molar-refractivity contribution in [2.24, 2.45) is 5.92 Å². The lowest BCUT2D eigenvalue weighted by molar-refractivity contribution is -0.116. The number of thiazole rings is 1. The minimum Gasteiger partial charge on any atom is -0.301 e. The maximum atomic E-state index is 12.1. The Hall–Kier alpha value is -2.31. The van der Waals surface area contributed by atoms with Crippen LogP contribution in [0.5, 0.6) is 0 Å². The van der Waals surface area contributed by atoms with Crippen LogP contribution < -0.4 is 10.6 Å². The SMILES string of the molecule is CC(=O)Nc1nnc([C@@H]2CC[C@H](Cc3nnc(NC(=O)Cc4cscn4)s3)C2)s1. The van der Waals surface area contributed by atoms with Crippen LogP contribution in [-0.2, 0) is 22.4 Å². The molecule has 12 heteroatoms. The maximum Gasteiger partial charge on any atom is 0.232 e. The van der Waals surface area contributed by atoms with Gasteiger partial charge in [0.2, 0.25) is 22.1 Å². The van der Waals surface area contributed by atoms with Crippen LogP contribution in [0.25, 0.3) is 0 Å². The molecular weight excluding hydrogens is 430 g/mol. The fourth-order valence-electron chi connectivity index (χ4n) is 3.37. The lowest BCUT2D eigenvalue weighted by Crippen LogP contribution is -2.14. The summed E-state index contributed by atoms with van der Waals surface area (Å²) in [6, 6.07) is 0. The molecule has 9 nitrogen and oxygen atoms in total. The summed E-state index contributed by atoms with van der Waals surface area (Å²) in [5.41, 5.74) is 2.47. The quantitative estimate of drug-likeness (QED) is 0.568. The third-order valence-electron chi connectivity index (χ3n) is 4.62. The van der Waals surface area contributed by atoms with Gasteiger partial charge in [0.1, 0.15) is 10.0 Å². The zero-order valence-corrected chi connectivity index (χ0v) is 18.1. The van der Waals surface area contributed by atoms with Crippen LogP contribution in [0.4, 0.5) is 10.3 Å². The fourth-order valence-corrected chi connectivity index (χ4v) is 5.74. The molecule has 1 aliphatic carbocycles. The average Bonchev–Trinajstić information content (AvgIpc) is 3.43. The Bertz CT molecular complexity index is 985. The lowest BCUT2D eigenvalue weighted by Gasteiger charge is -2.06. The summed E-state index contributed by atoms with van der Waals surface area (Å²) in [5, 5.41) is 26.9. The highest BCUT2D eigenvalue weighted by Crippen LogP contribution is 2.41. The number of aromatic nitrogens is 5. The van der Waals surface area contributed by atoms with Crippen LogP contribution in [0.3, 0.4) is 0 Å². The highest BCUT2D eigenvalue weighted by atomic mass is 32.1. The molecule has 1 aliphatic rings. The molecule has 0 aliphatic heterocycles. The van der Waals surface area contributed by atoms with Gasteiger partial charge in [-0.3, -0.25) is 9.59 Å². The zero-order chi connectivity index (χ0) is 20.2. The average molecular weight is 450 g/mol. The highest BCUT2D eigenvalue weighted by Gasteiger charge is 2.29. The van der Waals surface area contributed by atoms with Crippen molar-refractivity contribution in [3.8, 4) is 0 Å². The van der Waals surface area contributed by atoms with Crippen LogP contribution in [0.1, 0.15) is 47.8 Å². The molecule has 2 N–H and O–H groups in total. The number of nitrogens with one attached hydrogen (secondary N) is 2. The molecule has 0 saturated heterocycles. The van der Waals surface area contributed by atoms with Crippen molar-refractivity contribution in [3.63, 3.8) is 0 Å². The summed E-state index contributed by atoms with van der Waals surface area (Å²) in [4.78, 5) is 27.3. The molecule has 29 heavy (non-hydrogen) atoms. The van der Waals surface area contributed by atoms with Crippen LogP contribution in [0.2, 0.25) is 0 Å². The van der Waals surface area contributed by atoms with Crippen molar-refractivity contribution in [2.75, 3.05) is 10.6 Å². The van der Waals surface area contributed by atoms with E-state index < -0.39 is 0 Å². The zero-order valence-electron chi connectivity index (χ0n) is 15.6. The maximum absolute atomic E-state index is 12.1. The first-order valence-electron chi connectivity index (χ1n) is 9.15. The van der Waals surface area contributed by atoms with E-state index in [0.29, 0.717) is 22.1 Å². The molecule has 0 spiro atoms. The molecule has 1 fully saturated rings. The first-order chi connectivity index (χ1) is 14.0. The van der Waals surface area contributed by atoms with Crippen LogP contribution in [0.15, 0.2) is 10.9 Å². The van der Waals surface area contributed by atoms with Gasteiger partial charge in [-0.1, -0.05) is 22.7 Å². The molecule has 1 saturated carbocycles. The molecule has 3 heterocycles. The van der Waals surface area contributed by atoms with Crippen LogP contribution in [-0.4, -0.2) is 37.2 Å². The fraction of sp³-hybridized carbons (Fsp3) is 0.471. The largest absolute Gasteiger partial charge is 0.301 e. The number of rotatable bonds is 7. The van der Waals surface area contributed by atoms with E-state index in [2.05, 4.69) is 36.0 Å². The second kappa shape index (κ2) is 9.01. The molecule has 3 aromatic rings. The molecule has 0 bridgehead atoms. The van der Waals surface area contributed by atoms with E-state index in [1.54, 1.807) is 5.51 Å². The summed E-state index contributed by atoms with van der Waals surface area (Å²) in [6.45, 7) is 1.46. The number of anilines is 2. The van der Waals surface area contributed by atoms with Gasteiger partial charge in [-0.2, -0.15) is 0 Å². The van der Waals surface area contributed by atoms with Crippen molar-refractivity contribution < 1.29 is 9.59 Å². The van der Waals surface area contributed by atoms with Crippen molar-refractivity contribution in [1.82, 2.24) is 25.4 Å². The smallest absolute Gasteiger partial charge is 0.232 e. The molecule has 2 amide bonds. The summed E-state index contributed by atoms with van der Waals surface area (Å²) in [5.74, 6) is 0.596. The van der Waals surface area contributed by atoms with Crippen molar-refractivity contribution in [1.29, 1.82) is 0 Å². The lowest BCUT2D eigenvalue weighted by atomic mass is 10.0. The monoisotopic (exact) mass is 449 g/mol. The summed E-state index contributed by atoms with van der Waals surface area (Å²) in [7, 11) is 0. The topological polar surface area (TPSA) is 123 Å². The van der Waals surface area contributed by atoms with E-state index >= 15 is 0 Å². The van der Waals surface area contributed by atoms with Gasteiger partial charge >= 0.3 is 0 Å². The third-order valence-corrected chi connectivity index (χ3v) is 7.11. The highest BCUT2D eigenvalue weighted by molar-refractivity contribution is 7.15. The Morgan fingerprint density at radius 3 is 2.72 bits per heavy atom. The molecule has 3 aromatic heterocycles. The predicted molar refractivity (Wildman–Crippen MR) is 112 cm³/mol. The molecule has 0 aromatic carbocycles. The van der Waals surface area contributed by atoms with Crippen molar-refractivity contribution in [3.05, 3.63) is 26.6 Å². The molecule has 152 valence electrons. The number of nitrogens with zero attached hydrogens (tertiary/aromatic N) is 5. The van der Waals surface area contributed by atoms with Crippen LogP contribution >= 0.6 is 34.0 Å². The van der Waals surface area contributed by atoms with E-state index in [1.165, 1.54) is 40.9 Å². The van der Waals surface area contributed by atoms with Gasteiger partial charge in [0, 0.05) is 24.6 Å². The van der Waals surface area contributed by atoms with Gasteiger partial charge in [0.15, 0.2) is 0 Å². The van der Waals surface area contributed by atoms with Gasteiger partial charge in [-0.05, 0) is 25.2 Å². The van der Waals surface area contributed by atoms with Crippen LogP contribution in [0, 0.1) is 5.92 Å². The minimum absolute atomic E-state index is 0.134. The summed E-state index contributed by atoms with van der Waals surface area (Å²) < 4.78 is 0. The Kier molecular flexibility index (Phi) is 6.21. The van der Waals surface area contributed by atoms with Crippen molar-refractivity contribution >= 4 is 56.1 Å². The number of carbonyl (C=O) groups is 2. The molecule has 0 radical (unpaired) electrons. The van der Waals surface area contributed by atoms with E-state index in [1.807, 2.05) is 5.38 Å². The first-order valence-corrected chi connectivity index (χ1v) is 11.7. The molecule has 0 unspecified atom stereocenters. The predicted octanol–water partition coefficient (Wildman–Crippen LogP) is 3.11. The van der Waals surface area contributed by atoms with Gasteiger partial charge in [0.25, 0.3) is 0 Å². The molecular formula is C17H19N7O2S3. The molecule has 2 atom stereocenters. The van der Waals surface area contributed by atoms with Gasteiger partial charge in [-0.15, -0.1) is 31.7 Å². The van der Waals surface area contributed by atoms with E-state index in [0.717, 1.165) is 41.4 Å². The van der Waals surface area contributed by atoms with Gasteiger partial charge in [-0.25, -0.2) is 4.98 Å². The third kappa shape index (κ3) is 5.40. The number of hydrogen-bond donors (Lipinski definition) is 2. The summed E-state index contributed by atoms with van der Waals surface area (Å²) >= 11 is 4.34. The Morgan fingerprint density at radius 1 is 1.10 bits per heavy atom. The molecule has 4 rings (SSSR count). The van der Waals surface area contributed by atoms with Crippen molar-refractivity contribution in [2.45, 2.75) is 44.9 Å². The summed E-state index contributed by atoms with van der Waals surface area (Å²) in [6.07, 6.45) is 4.23. The van der Waals surface area contributed by atoms with E-state index in [-0.39, 0.29) is 18.2 Å². The first kappa shape index (κ1) is 20.0. The van der Waals surface area contributed by atoms with E-state index in [9.17, 15) is 9.59 Å². The normalized spacial score (nSPS) is 18.7. The Balaban J connectivity index is 1.27.